The summed E-state index contributed by atoms with van der Waals surface area (Å²) in [6.45, 7) is 9.46. The number of para-hydroxylation sites is 2. The molecule has 2 amide bonds. The molecule has 0 spiro atoms. The second-order valence-electron chi connectivity index (χ2n) is 9.68. The molecule has 4 rings (SSSR count). The Labute approximate surface area is 219 Å². The number of aryl methyl sites for hydroxylation is 1. The van der Waals surface area contributed by atoms with Crippen LogP contribution >= 0.6 is 0 Å². The summed E-state index contributed by atoms with van der Waals surface area (Å²) in [4.78, 5) is 37.4. The first kappa shape index (κ1) is 26.4. The third-order valence-corrected chi connectivity index (χ3v) is 6.77. The van der Waals surface area contributed by atoms with Crippen LogP contribution in [0.5, 0.6) is 5.75 Å². The number of anilines is 1. The van der Waals surface area contributed by atoms with Gasteiger partial charge in [-0.3, -0.25) is 19.5 Å². The van der Waals surface area contributed by atoms with Crippen LogP contribution < -0.4 is 9.64 Å². The Morgan fingerprint density at radius 1 is 0.946 bits per heavy atom. The Hall–Kier alpha value is -3.71. The number of fused-ring (bicyclic) bond motifs is 1. The molecule has 0 bridgehead atoms. The van der Waals surface area contributed by atoms with Gasteiger partial charge in [0.25, 0.3) is 11.8 Å². The second kappa shape index (κ2) is 12.5. The van der Waals surface area contributed by atoms with Crippen molar-refractivity contribution in [2.24, 2.45) is 0 Å². The van der Waals surface area contributed by atoms with Gasteiger partial charge in [-0.1, -0.05) is 36.4 Å². The monoisotopic (exact) mass is 500 g/mol. The Kier molecular flexibility index (Phi) is 8.90. The van der Waals surface area contributed by atoms with E-state index in [1.807, 2.05) is 65.3 Å². The van der Waals surface area contributed by atoms with Gasteiger partial charge in [-0.15, -0.1) is 0 Å². The van der Waals surface area contributed by atoms with Crippen molar-refractivity contribution in [2.45, 2.75) is 39.8 Å². The summed E-state index contributed by atoms with van der Waals surface area (Å²) in [5.74, 6) is 0.506. The van der Waals surface area contributed by atoms with Crippen LogP contribution in [0.25, 0.3) is 0 Å². The molecule has 1 aliphatic rings. The topological polar surface area (TPSA) is 66.0 Å². The zero-order valence-electron chi connectivity index (χ0n) is 22.0. The number of ether oxygens (including phenoxy) is 1. The number of carbonyl (C=O) groups excluding carboxylic acids is 2. The SMILES string of the molecule is Cc1cccc2c1N(C(=O)COc1ccccc1)CCCN(C(C)C)CCN(C(=O)c1cccnc1)C2. The van der Waals surface area contributed by atoms with Crippen molar-refractivity contribution < 1.29 is 14.3 Å². The maximum absolute atomic E-state index is 13.6. The number of hydrogen-bond acceptors (Lipinski definition) is 5. The van der Waals surface area contributed by atoms with Crippen LogP contribution in [0.2, 0.25) is 0 Å². The van der Waals surface area contributed by atoms with Gasteiger partial charge in [-0.05, 0) is 62.6 Å². The fourth-order valence-electron chi connectivity index (χ4n) is 4.77. The summed E-state index contributed by atoms with van der Waals surface area (Å²) < 4.78 is 5.83. The van der Waals surface area contributed by atoms with E-state index in [9.17, 15) is 9.59 Å². The van der Waals surface area contributed by atoms with Crippen LogP contribution in [0.4, 0.5) is 5.69 Å². The molecule has 1 aromatic heterocycles. The maximum atomic E-state index is 13.6. The quantitative estimate of drug-likeness (QED) is 0.514. The normalized spacial score (nSPS) is 15.1. The summed E-state index contributed by atoms with van der Waals surface area (Å²) in [6, 6.07) is 19.3. The second-order valence-corrected chi connectivity index (χ2v) is 9.68. The van der Waals surface area contributed by atoms with E-state index in [0.717, 1.165) is 36.3 Å². The summed E-state index contributed by atoms with van der Waals surface area (Å²) in [7, 11) is 0. The number of aromatic nitrogens is 1. The van der Waals surface area contributed by atoms with Gasteiger partial charge < -0.3 is 14.5 Å². The molecule has 7 heteroatoms. The van der Waals surface area contributed by atoms with Crippen molar-refractivity contribution in [3.63, 3.8) is 0 Å². The summed E-state index contributed by atoms with van der Waals surface area (Å²) in [5.41, 5.74) is 3.38. The molecule has 0 atom stereocenters. The van der Waals surface area contributed by atoms with E-state index in [4.69, 9.17) is 4.74 Å². The molecular weight excluding hydrogens is 464 g/mol. The average molecular weight is 501 g/mol. The molecule has 0 aliphatic carbocycles. The predicted molar refractivity (Wildman–Crippen MR) is 146 cm³/mol. The van der Waals surface area contributed by atoms with Gasteiger partial charge in [0.1, 0.15) is 5.75 Å². The molecule has 37 heavy (non-hydrogen) atoms. The molecule has 1 aliphatic heterocycles. The summed E-state index contributed by atoms with van der Waals surface area (Å²) in [6.07, 6.45) is 4.10. The van der Waals surface area contributed by atoms with Crippen molar-refractivity contribution in [3.05, 3.63) is 89.7 Å². The van der Waals surface area contributed by atoms with Crippen molar-refractivity contribution in [3.8, 4) is 5.75 Å². The van der Waals surface area contributed by atoms with E-state index in [0.29, 0.717) is 37.0 Å². The van der Waals surface area contributed by atoms with Gasteiger partial charge in [-0.25, -0.2) is 0 Å². The molecule has 0 unspecified atom stereocenters. The smallest absolute Gasteiger partial charge is 0.264 e. The molecule has 0 saturated carbocycles. The number of pyridine rings is 1. The van der Waals surface area contributed by atoms with E-state index in [-0.39, 0.29) is 18.4 Å². The van der Waals surface area contributed by atoms with E-state index in [1.165, 1.54) is 0 Å². The van der Waals surface area contributed by atoms with Gasteiger partial charge in [0.2, 0.25) is 0 Å². The Bertz CT molecular complexity index is 1180. The van der Waals surface area contributed by atoms with Crippen LogP contribution in [0.15, 0.2) is 73.1 Å². The van der Waals surface area contributed by atoms with Crippen LogP contribution in [0.3, 0.4) is 0 Å². The highest BCUT2D eigenvalue weighted by Gasteiger charge is 2.26. The summed E-state index contributed by atoms with van der Waals surface area (Å²) in [5, 5.41) is 0. The number of benzene rings is 2. The number of nitrogens with zero attached hydrogens (tertiary/aromatic N) is 4. The molecular formula is C30H36N4O3. The lowest BCUT2D eigenvalue weighted by molar-refractivity contribution is -0.120. The molecule has 7 nitrogen and oxygen atoms in total. The highest BCUT2D eigenvalue weighted by atomic mass is 16.5. The third-order valence-electron chi connectivity index (χ3n) is 6.77. The first-order valence-electron chi connectivity index (χ1n) is 12.9. The number of amides is 2. The fraction of sp³-hybridized carbons (Fsp3) is 0.367. The van der Waals surface area contributed by atoms with Gasteiger partial charge in [-0.2, -0.15) is 0 Å². The lowest BCUT2D eigenvalue weighted by atomic mass is 10.0. The van der Waals surface area contributed by atoms with Gasteiger partial charge in [0.15, 0.2) is 6.61 Å². The van der Waals surface area contributed by atoms with Crippen molar-refractivity contribution in [1.82, 2.24) is 14.8 Å². The standard InChI is InChI=1S/C30H36N4O3/c1-23(2)32-16-9-17-34(28(35)22-37-27-13-5-4-6-14-27)29-24(3)10-7-11-26(29)21-33(19-18-32)30(36)25-12-8-15-31-20-25/h4-8,10-15,20,23H,9,16-19,21-22H2,1-3H3. The molecule has 3 aromatic rings. The molecule has 0 fully saturated rings. The van der Waals surface area contributed by atoms with Crippen LogP contribution in [0, 0.1) is 6.92 Å². The van der Waals surface area contributed by atoms with Gasteiger partial charge >= 0.3 is 0 Å². The number of hydrogen-bond donors (Lipinski definition) is 0. The van der Waals surface area contributed by atoms with Crippen LogP contribution in [-0.4, -0.2) is 65.4 Å². The van der Waals surface area contributed by atoms with Gasteiger partial charge in [0.05, 0.1) is 11.3 Å². The molecule has 194 valence electrons. The Balaban J connectivity index is 1.67. The molecule has 0 saturated heterocycles. The van der Waals surface area contributed by atoms with Crippen LogP contribution in [0.1, 0.15) is 41.8 Å². The molecule has 0 radical (unpaired) electrons. The average Bonchev–Trinajstić information content (AvgIpc) is 2.95. The number of carbonyl (C=O) groups is 2. The zero-order chi connectivity index (χ0) is 26.2. The first-order valence-corrected chi connectivity index (χ1v) is 12.9. The minimum absolute atomic E-state index is 0.0516. The Morgan fingerprint density at radius 3 is 2.49 bits per heavy atom. The van der Waals surface area contributed by atoms with Crippen LogP contribution in [-0.2, 0) is 11.3 Å². The maximum Gasteiger partial charge on any atom is 0.264 e. The molecule has 2 aromatic carbocycles. The minimum Gasteiger partial charge on any atom is -0.484 e. The Morgan fingerprint density at radius 2 is 1.76 bits per heavy atom. The minimum atomic E-state index is -0.0973. The molecule has 2 heterocycles. The fourth-order valence-corrected chi connectivity index (χ4v) is 4.77. The van der Waals surface area contributed by atoms with E-state index >= 15 is 0 Å². The lowest BCUT2D eigenvalue weighted by Gasteiger charge is -2.30. The first-order chi connectivity index (χ1) is 17.9. The molecule has 0 N–H and O–H groups in total. The number of rotatable bonds is 5. The zero-order valence-corrected chi connectivity index (χ0v) is 22.0. The highest BCUT2D eigenvalue weighted by molar-refractivity contribution is 5.97. The highest BCUT2D eigenvalue weighted by Crippen LogP contribution is 2.28. The lowest BCUT2D eigenvalue weighted by Crippen LogP contribution is -2.41. The largest absolute Gasteiger partial charge is 0.484 e. The van der Waals surface area contributed by atoms with E-state index in [2.05, 4.69) is 23.7 Å². The summed E-state index contributed by atoms with van der Waals surface area (Å²) >= 11 is 0. The van der Waals surface area contributed by atoms with E-state index < -0.39 is 0 Å². The van der Waals surface area contributed by atoms with Crippen molar-refractivity contribution in [2.75, 3.05) is 37.7 Å². The third kappa shape index (κ3) is 6.74. The van der Waals surface area contributed by atoms with Crippen molar-refractivity contribution in [1.29, 1.82) is 0 Å². The van der Waals surface area contributed by atoms with E-state index in [1.54, 1.807) is 24.5 Å². The predicted octanol–water partition coefficient (Wildman–Crippen LogP) is 4.56. The van der Waals surface area contributed by atoms with Gasteiger partial charge in [0, 0.05) is 51.2 Å². The van der Waals surface area contributed by atoms with Crippen molar-refractivity contribution >= 4 is 17.5 Å².